The van der Waals surface area contributed by atoms with Gasteiger partial charge in [0.2, 0.25) is 0 Å². The highest BCUT2D eigenvalue weighted by Gasteiger charge is 2.04. The van der Waals surface area contributed by atoms with Gasteiger partial charge in [-0.15, -0.1) is 0 Å². The Morgan fingerprint density at radius 2 is 2.00 bits per heavy atom. The molecular formula is C20H21N5. The molecule has 0 aliphatic rings. The molecule has 1 N–H and O–H groups in total. The van der Waals surface area contributed by atoms with Crippen molar-refractivity contribution in [3.05, 3.63) is 83.2 Å². The number of pyridine rings is 1. The molecule has 5 heteroatoms. The molecule has 0 aliphatic carbocycles. The van der Waals surface area contributed by atoms with Crippen LogP contribution < -0.4 is 5.32 Å². The first-order valence-electron chi connectivity index (χ1n) is 8.36. The fourth-order valence-electron chi connectivity index (χ4n) is 2.71. The van der Waals surface area contributed by atoms with Crippen molar-refractivity contribution in [2.45, 2.75) is 26.4 Å². The van der Waals surface area contributed by atoms with E-state index in [1.54, 1.807) is 0 Å². The van der Waals surface area contributed by atoms with Crippen LogP contribution in [-0.2, 0) is 19.5 Å². The highest BCUT2D eigenvalue weighted by molar-refractivity contribution is 5.31. The normalized spacial score (nSPS) is 10.6. The Morgan fingerprint density at radius 1 is 1.16 bits per heavy atom. The van der Waals surface area contributed by atoms with Crippen LogP contribution in [0, 0.1) is 18.3 Å². The van der Waals surface area contributed by atoms with Gasteiger partial charge in [0.05, 0.1) is 23.7 Å². The van der Waals surface area contributed by atoms with Crippen LogP contribution in [0.3, 0.4) is 0 Å². The van der Waals surface area contributed by atoms with Crippen molar-refractivity contribution in [1.82, 2.24) is 19.9 Å². The molecule has 0 unspecified atom stereocenters. The number of hydrogen-bond donors (Lipinski definition) is 1. The monoisotopic (exact) mass is 331 g/mol. The summed E-state index contributed by atoms with van der Waals surface area (Å²) in [4.78, 5) is 8.76. The van der Waals surface area contributed by atoms with Crippen molar-refractivity contribution in [3.8, 4) is 6.07 Å². The first-order chi connectivity index (χ1) is 12.2. The van der Waals surface area contributed by atoms with E-state index in [0.717, 1.165) is 43.0 Å². The Balaban J connectivity index is 1.52. The quantitative estimate of drug-likeness (QED) is 0.676. The van der Waals surface area contributed by atoms with E-state index in [0.29, 0.717) is 5.56 Å². The van der Waals surface area contributed by atoms with Gasteiger partial charge in [0.15, 0.2) is 0 Å². The molecule has 0 saturated heterocycles. The molecule has 0 radical (unpaired) electrons. The summed E-state index contributed by atoms with van der Waals surface area (Å²) in [5.41, 5.74) is 5.14. The second-order valence-corrected chi connectivity index (χ2v) is 6.02. The average Bonchev–Trinajstić information content (AvgIpc) is 3.06. The van der Waals surface area contributed by atoms with Crippen LogP contribution >= 0.6 is 0 Å². The van der Waals surface area contributed by atoms with Crippen molar-refractivity contribution in [2.75, 3.05) is 6.54 Å². The molecule has 0 saturated carbocycles. The third-order valence-electron chi connectivity index (χ3n) is 4.04. The molecule has 126 valence electrons. The van der Waals surface area contributed by atoms with Crippen molar-refractivity contribution >= 4 is 0 Å². The fraction of sp³-hybridized carbons (Fsp3) is 0.250. The van der Waals surface area contributed by atoms with Gasteiger partial charge < -0.3 is 9.88 Å². The largest absolute Gasteiger partial charge is 0.330 e. The minimum absolute atomic E-state index is 0.684. The number of imidazole rings is 1. The number of benzene rings is 1. The molecule has 0 atom stereocenters. The number of nitriles is 1. The predicted molar refractivity (Wildman–Crippen MR) is 96.9 cm³/mol. The zero-order valence-electron chi connectivity index (χ0n) is 14.3. The van der Waals surface area contributed by atoms with Gasteiger partial charge in [-0.2, -0.15) is 5.26 Å². The maximum atomic E-state index is 8.87. The zero-order valence-corrected chi connectivity index (χ0v) is 14.3. The van der Waals surface area contributed by atoms with Gasteiger partial charge in [-0.25, -0.2) is 4.98 Å². The van der Waals surface area contributed by atoms with E-state index in [1.165, 1.54) is 5.69 Å². The Labute approximate surface area is 148 Å². The van der Waals surface area contributed by atoms with E-state index in [2.05, 4.69) is 25.9 Å². The molecule has 2 heterocycles. The molecule has 0 amide bonds. The third-order valence-corrected chi connectivity index (χ3v) is 4.04. The molecule has 5 nitrogen and oxygen atoms in total. The summed E-state index contributed by atoms with van der Waals surface area (Å²) in [6.07, 6.45) is 4.67. The van der Waals surface area contributed by atoms with Crippen LogP contribution in [0.4, 0.5) is 0 Å². The SMILES string of the molecule is Cc1cccc(CNCCc2cncn2Cc2ccc(C#N)cc2)n1. The Kier molecular flexibility index (Phi) is 5.55. The smallest absolute Gasteiger partial charge is 0.0991 e. The molecule has 25 heavy (non-hydrogen) atoms. The number of hydrogen-bond acceptors (Lipinski definition) is 4. The van der Waals surface area contributed by atoms with Crippen LogP contribution in [0.25, 0.3) is 0 Å². The molecule has 3 aromatic rings. The minimum atomic E-state index is 0.684. The van der Waals surface area contributed by atoms with Crippen molar-refractivity contribution in [1.29, 1.82) is 5.26 Å². The molecule has 2 aromatic heterocycles. The van der Waals surface area contributed by atoms with Crippen LogP contribution in [0.15, 0.2) is 55.0 Å². The number of nitrogens with zero attached hydrogens (tertiary/aromatic N) is 4. The first kappa shape index (κ1) is 16.9. The van der Waals surface area contributed by atoms with E-state index in [-0.39, 0.29) is 0 Å². The lowest BCUT2D eigenvalue weighted by molar-refractivity contribution is 0.644. The maximum absolute atomic E-state index is 8.87. The summed E-state index contributed by atoms with van der Waals surface area (Å²) in [5.74, 6) is 0. The Hall–Kier alpha value is -2.97. The second kappa shape index (κ2) is 8.22. The van der Waals surface area contributed by atoms with Crippen LogP contribution in [0.2, 0.25) is 0 Å². The lowest BCUT2D eigenvalue weighted by atomic mass is 10.1. The molecule has 3 rings (SSSR count). The lowest BCUT2D eigenvalue weighted by Crippen LogP contribution is -2.19. The van der Waals surface area contributed by atoms with Gasteiger partial charge in [-0.1, -0.05) is 18.2 Å². The predicted octanol–water partition coefficient (Wildman–Crippen LogP) is 2.84. The van der Waals surface area contributed by atoms with E-state index in [1.807, 2.05) is 61.9 Å². The summed E-state index contributed by atoms with van der Waals surface area (Å²) < 4.78 is 2.15. The summed E-state index contributed by atoms with van der Waals surface area (Å²) in [5, 5.41) is 12.3. The van der Waals surface area contributed by atoms with Gasteiger partial charge >= 0.3 is 0 Å². The summed E-state index contributed by atoms with van der Waals surface area (Å²) in [6, 6.07) is 15.9. The topological polar surface area (TPSA) is 66.5 Å². The molecule has 0 fully saturated rings. The molecular weight excluding hydrogens is 310 g/mol. The average molecular weight is 331 g/mol. The van der Waals surface area contributed by atoms with Crippen LogP contribution in [0.5, 0.6) is 0 Å². The highest BCUT2D eigenvalue weighted by atomic mass is 15.0. The van der Waals surface area contributed by atoms with Crippen molar-refractivity contribution < 1.29 is 0 Å². The maximum Gasteiger partial charge on any atom is 0.0991 e. The van der Waals surface area contributed by atoms with E-state index in [9.17, 15) is 0 Å². The van der Waals surface area contributed by atoms with E-state index < -0.39 is 0 Å². The molecule has 1 aromatic carbocycles. The number of nitrogens with one attached hydrogen (secondary N) is 1. The highest BCUT2D eigenvalue weighted by Crippen LogP contribution is 2.08. The van der Waals surface area contributed by atoms with E-state index in [4.69, 9.17) is 5.26 Å². The van der Waals surface area contributed by atoms with Crippen molar-refractivity contribution in [2.24, 2.45) is 0 Å². The first-order valence-corrected chi connectivity index (χ1v) is 8.36. The second-order valence-electron chi connectivity index (χ2n) is 6.02. The van der Waals surface area contributed by atoms with Gasteiger partial charge in [0.1, 0.15) is 0 Å². The Morgan fingerprint density at radius 3 is 2.76 bits per heavy atom. The minimum Gasteiger partial charge on any atom is -0.330 e. The summed E-state index contributed by atoms with van der Waals surface area (Å²) in [6.45, 7) is 4.41. The van der Waals surface area contributed by atoms with Gasteiger partial charge in [-0.05, 0) is 36.8 Å². The van der Waals surface area contributed by atoms with Gasteiger partial charge in [0.25, 0.3) is 0 Å². The fourth-order valence-corrected chi connectivity index (χ4v) is 2.71. The van der Waals surface area contributed by atoms with Crippen LogP contribution in [-0.4, -0.2) is 21.1 Å². The number of rotatable bonds is 7. The summed E-state index contributed by atoms with van der Waals surface area (Å²) >= 11 is 0. The Bertz CT molecular complexity index is 858. The number of aromatic nitrogens is 3. The molecule has 0 bridgehead atoms. The third kappa shape index (κ3) is 4.75. The van der Waals surface area contributed by atoms with Gasteiger partial charge in [0, 0.05) is 43.6 Å². The van der Waals surface area contributed by atoms with E-state index >= 15 is 0 Å². The summed E-state index contributed by atoms with van der Waals surface area (Å²) in [7, 11) is 0. The molecule has 0 spiro atoms. The van der Waals surface area contributed by atoms with Crippen molar-refractivity contribution in [3.63, 3.8) is 0 Å². The number of aryl methyl sites for hydroxylation is 1. The standard InChI is InChI=1S/C20H21N5/c1-16-3-2-4-19(24-16)12-22-10-9-20-13-23-15-25(20)14-18-7-5-17(11-21)6-8-18/h2-8,13,15,22H,9-10,12,14H2,1H3. The van der Waals surface area contributed by atoms with Gasteiger partial charge in [-0.3, -0.25) is 4.98 Å². The van der Waals surface area contributed by atoms with Crippen LogP contribution in [0.1, 0.15) is 28.2 Å². The molecule has 0 aliphatic heterocycles. The lowest BCUT2D eigenvalue weighted by Gasteiger charge is -2.09. The zero-order chi connectivity index (χ0) is 17.5.